The fourth-order valence-corrected chi connectivity index (χ4v) is 3.48. The average Bonchev–Trinajstić information content (AvgIpc) is 2.85. The van der Waals surface area contributed by atoms with Gasteiger partial charge >= 0.3 is 5.97 Å². The zero-order valence-corrected chi connectivity index (χ0v) is 10.6. The molecule has 1 fully saturated rings. The van der Waals surface area contributed by atoms with Crippen molar-refractivity contribution in [3.05, 3.63) is 11.9 Å². The summed E-state index contributed by atoms with van der Waals surface area (Å²) in [5.41, 5.74) is -0.253. The van der Waals surface area contributed by atoms with Crippen LogP contribution in [0.15, 0.2) is 6.20 Å². The van der Waals surface area contributed by atoms with Gasteiger partial charge in [-0.05, 0) is 6.42 Å². The van der Waals surface area contributed by atoms with Crippen molar-refractivity contribution in [1.82, 2.24) is 20.3 Å². The first kappa shape index (κ1) is 13.5. The predicted octanol–water partition coefficient (Wildman–Crippen LogP) is -1.72. The lowest BCUT2D eigenvalue weighted by molar-refractivity contribution is -0.122. The van der Waals surface area contributed by atoms with Crippen LogP contribution in [-0.4, -0.2) is 57.9 Å². The molecule has 0 aromatic carbocycles. The highest BCUT2D eigenvalue weighted by Crippen LogP contribution is 2.11. The molecule has 1 aromatic rings. The number of aromatic carboxylic acids is 1. The normalized spacial score (nSPS) is 21.2. The highest BCUT2D eigenvalue weighted by Gasteiger charge is 2.28. The van der Waals surface area contributed by atoms with Gasteiger partial charge in [0.2, 0.25) is 5.91 Å². The van der Waals surface area contributed by atoms with Crippen molar-refractivity contribution in [2.24, 2.45) is 0 Å². The summed E-state index contributed by atoms with van der Waals surface area (Å²) in [5, 5.41) is 18.1. The summed E-state index contributed by atoms with van der Waals surface area (Å²) in [7, 11) is -3.05. The first-order valence-electron chi connectivity index (χ1n) is 5.49. The van der Waals surface area contributed by atoms with Crippen molar-refractivity contribution >= 4 is 21.7 Å². The van der Waals surface area contributed by atoms with Crippen molar-refractivity contribution in [2.75, 3.05) is 11.5 Å². The van der Waals surface area contributed by atoms with E-state index in [9.17, 15) is 18.0 Å². The minimum absolute atomic E-state index is 0.0591. The van der Waals surface area contributed by atoms with Gasteiger partial charge in [0.05, 0.1) is 17.7 Å². The van der Waals surface area contributed by atoms with Gasteiger partial charge in [-0.3, -0.25) is 4.79 Å². The van der Waals surface area contributed by atoms with E-state index in [1.807, 2.05) is 0 Å². The van der Waals surface area contributed by atoms with E-state index in [1.165, 1.54) is 0 Å². The van der Waals surface area contributed by atoms with Crippen molar-refractivity contribution in [2.45, 2.75) is 19.0 Å². The highest BCUT2D eigenvalue weighted by molar-refractivity contribution is 7.91. The van der Waals surface area contributed by atoms with Gasteiger partial charge in [0.1, 0.15) is 6.54 Å². The van der Waals surface area contributed by atoms with E-state index < -0.39 is 21.7 Å². The lowest BCUT2D eigenvalue weighted by atomic mass is 10.2. The van der Waals surface area contributed by atoms with Gasteiger partial charge in [-0.2, -0.15) is 0 Å². The summed E-state index contributed by atoms with van der Waals surface area (Å²) in [6.45, 7) is -0.198. The van der Waals surface area contributed by atoms with Gasteiger partial charge in [0, 0.05) is 6.04 Å². The zero-order valence-electron chi connectivity index (χ0n) is 9.81. The second-order valence-electron chi connectivity index (χ2n) is 4.27. The Hall–Kier alpha value is -1.97. The second kappa shape index (κ2) is 4.96. The van der Waals surface area contributed by atoms with E-state index in [1.54, 1.807) is 0 Å². The van der Waals surface area contributed by atoms with E-state index in [0.717, 1.165) is 10.9 Å². The maximum absolute atomic E-state index is 11.6. The Balaban J connectivity index is 1.89. The number of rotatable bonds is 4. The molecule has 1 aliphatic rings. The Labute approximate surface area is 108 Å². The largest absolute Gasteiger partial charge is 0.476 e. The molecule has 0 radical (unpaired) electrons. The van der Waals surface area contributed by atoms with Crippen molar-refractivity contribution in [1.29, 1.82) is 0 Å². The smallest absolute Gasteiger partial charge is 0.358 e. The molecule has 0 spiro atoms. The molecule has 1 unspecified atom stereocenters. The van der Waals surface area contributed by atoms with Gasteiger partial charge in [0.25, 0.3) is 0 Å². The molecule has 10 heteroatoms. The van der Waals surface area contributed by atoms with Crippen molar-refractivity contribution in [3.63, 3.8) is 0 Å². The molecule has 104 valence electrons. The molecule has 2 rings (SSSR count). The van der Waals surface area contributed by atoms with Gasteiger partial charge in [-0.1, -0.05) is 5.21 Å². The molecule has 0 saturated carbocycles. The van der Waals surface area contributed by atoms with E-state index in [2.05, 4.69) is 15.6 Å². The van der Waals surface area contributed by atoms with Gasteiger partial charge in [-0.15, -0.1) is 5.10 Å². The summed E-state index contributed by atoms with van der Waals surface area (Å²) < 4.78 is 23.5. The fraction of sp³-hybridized carbons (Fsp3) is 0.556. The highest BCUT2D eigenvalue weighted by atomic mass is 32.2. The Morgan fingerprint density at radius 1 is 1.53 bits per heavy atom. The van der Waals surface area contributed by atoms with Crippen LogP contribution in [0.25, 0.3) is 0 Å². The molecule has 9 nitrogen and oxygen atoms in total. The Morgan fingerprint density at radius 2 is 2.26 bits per heavy atom. The minimum atomic E-state index is -3.05. The first-order valence-corrected chi connectivity index (χ1v) is 7.31. The third-order valence-electron chi connectivity index (χ3n) is 2.66. The molecule has 0 bridgehead atoms. The van der Waals surface area contributed by atoms with E-state index in [0.29, 0.717) is 6.42 Å². The third-order valence-corrected chi connectivity index (χ3v) is 4.43. The van der Waals surface area contributed by atoms with Gasteiger partial charge in [-0.25, -0.2) is 17.9 Å². The molecule has 1 saturated heterocycles. The van der Waals surface area contributed by atoms with Crippen LogP contribution in [-0.2, 0) is 21.2 Å². The topological polar surface area (TPSA) is 131 Å². The van der Waals surface area contributed by atoms with E-state index in [4.69, 9.17) is 5.11 Å². The van der Waals surface area contributed by atoms with Gasteiger partial charge in [0.15, 0.2) is 15.5 Å². The zero-order chi connectivity index (χ0) is 14.0. The summed E-state index contributed by atoms with van der Waals surface area (Å²) in [6, 6.07) is -0.389. The number of hydrogen-bond donors (Lipinski definition) is 2. The van der Waals surface area contributed by atoms with Crippen LogP contribution in [0.4, 0.5) is 0 Å². The second-order valence-corrected chi connectivity index (χ2v) is 6.50. The van der Waals surface area contributed by atoms with Crippen molar-refractivity contribution in [3.8, 4) is 0 Å². The summed E-state index contributed by atoms with van der Waals surface area (Å²) in [4.78, 5) is 22.2. The molecule has 1 aromatic heterocycles. The molecule has 1 aliphatic heterocycles. The lowest BCUT2D eigenvalue weighted by Gasteiger charge is -2.10. The van der Waals surface area contributed by atoms with Crippen LogP contribution < -0.4 is 5.32 Å². The molecular weight excluding hydrogens is 276 g/mol. The average molecular weight is 288 g/mol. The van der Waals surface area contributed by atoms with Crippen LogP contribution in [0.2, 0.25) is 0 Å². The van der Waals surface area contributed by atoms with E-state index >= 15 is 0 Å². The first-order chi connectivity index (χ1) is 8.85. The number of hydrogen-bond acceptors (Lipinski definition) is 6. The van der Waals surface area contributed by atoms with Gasteiger partial charge < -0.3 is 10.4 Å². The van der Waals surface area contributed by atoms with Crippen LogP contribution in [0.5, 0.6) is 0 Å². The summed E-state index contributed by atoms with van der Waals surface area (Å²) in [5.74, 6) is -1.64. The Morgan fingerprint density at radius 3 is 2.79 bits per heavy atom. The summed E-state index contributed by atoms with van der Waals surface area (Å²) >= 11 is 0. The van der Waals surface area contributed by atoms with Crippen LogP contribution in [0, 0.1) is 0 Å². The number of carbonyl (C=O) groups excluding carboxylic acids is 1. The SMILES string of the molecule is O=C(Cn1cc(C(=O)O)nn1)NC1CCS(=O)(=O)C1. The molecule has 2 heterocycles. The number of carbonyl (C=O) groups is 2. The van der Waals surface area contributed by atoms with Crippen molar-refractivity contribution < 1.29 is 23.1 Å². The maximum Gasteiger partial charge on any atom is 0.358 e. The van der Waals surface area contributed by atoms with Crippen LogP contribution in [0.3, 0.4) is 0 Å². The Kier molecular flexibility index (Phi) is 3.51. The predicted molar refractivity (Wildman–Crippen MR) is 62.2 cm³/mol. The monoisotopic (exact) mass is 288 g/mol. The fourth-order valence-electron chi connectivity index (χ4n) is 1.80. The number of aromatic nitrogens is 3. The molecule has 1 amide bonds. The maximum atomic E-state index is 11.6. The number of nitrogens with one attached hydrogen (secondary N) is 1. The van der Waals surface area contributed by atoms with Crippen LogP contribution in [0.1, 0.15) is 16.9 Å². The molecule has 19 heavy (non-hydrogen) atoms. The van der Waals surface area contributed by atoms with E-state index in [-0.39, 0.29) is 29.8 Å². The lowest BCUT2D eigenvalue weighted by Crippen LogP contribution is -2.37. The standard InChI is InChI=1S/C9H12N4O5S/c14-8(10-6-1-2-19(17,18)5-6)4-13-3-7(9(15)16)11-12-13/h3,6H,1-2,4-5H2,(H,10,14)(H,15,16). The number of carboxylic acids is 1. The summed E-state index contributed by atoms with van der Waals surface area (Å²) in [6.07, 6.45) is 1.53. The Bertz CT molecular complexity index is 608. The third kappa shape index (κ3) is 3.50. The molecular formula is C9H12N4O5S. The number of sulfone groups is 1. The molecule has 1 atom stereocenters. The number of carboxylic acid groups (broad SMARTS) is 1. The molecule has 2 N–H and O–H groups in total. The minimum Gasteiger partial charge on any atom is -0.476 e. The number of amides is 1. The van der Waals surface area contributed by atoms with Crippen LogP contribution >= 0.6 is 0 Å². The quantitative estimate of drug-likeness (QED) is 0.673. The molecule has 0 aliphatic carbocycles. The number of nitrogens with zero attached hydrogens (tertiary/aromatic N) is 3.